The van der Waals surface area contributed by atoms with Gasteiger partial charge in [-0.2, -0.15) is 0 Å². The second kappa shape index (κ2) is 5.85. The molecule has 2 aliphatic carbocycles. The highest BCUT2D eigenvalue weighted by Crippen LogP contribution is 2.60. The monoisotopic (exact) mass is 316 g/mol. The highest BCUT2D eigenvalue weighted by Gasteiger charge is 2.56. The van der Waals surface area contributed by atoms with Crippen molar-refractivity contribution in [1.29, 1.82) is 0 Å². The lowest BCUT2D eigenvalue weighted by Gasteiger charge is -2.56. The first kappa shape index (κ1) is 16.4. The smallest absolute Gasteiger partial charge is 0.309 e. The largest absolute Gasteiger partial charge is 0.481 e. The Labute approximate surface area is 138 Å². The van der Waals surface area contributed by atoms with Crippen molar-refractivity contribution in [2.45, 2.75) is 59.3 Å². The Balaban J connectivity index is 1.88. The summed E-state index contributed by atoms with van der Waals surface area (Å²) in [7, 11) is 0. The summed E-state index contributed by atoms with van der Waals surface area (Å²) in [5.41, 5.74) is 2.19. The average molecular weight is 316 g/mol. The van der Waals surface area contributed by atoms with Gasteiger partial charge in [-0.3, -0.25) is 4.79 Å². The first-order chi connectivity index (χ1) is 10.9. The van der Waals surface area contributed by atoms with Crippen molar-refractivity contribution in [3.8, 4) is 0 Å². The summed E-state index contributed by atoms with van der Waals surface area (Å²) in [6, 6.07) is 2.03. The molecule has 0 radical (unpaired) electrons. The highest BCUT2D eigenvalue weighted by molar-refractivity contribution is 5.75. The van der Waals surface area contributed by atoms with Gasteiger partial charge in [0.15, 0.2) is 0 Å². The number of allylic oxidation sites excluding steroid dienone is 2. The van der Waals surface area contributed by atoms with Gasteiger partial charge in [-0.25, -0.2) is 0 Å². The van der Waals surface area contributed by atoms with Crippen molar-refractivity contribution < 1.29 is 14.3 Å². The Hall–Kier alpha value is -1.51. The summed E-state index contributed by atoms with van der Waals surface area (Å²) in [6.07, 6.45) is 11.8. The van der Waals surface area contributed by atoms with E-state index in [1.165, 1.54) is 11.1 Å². The molecule has 3 rings (SSSR count). The van der Waals surface area contributed by atoms with E-state index in [0.29, 0.717) is 5.92 Å². The fourth-order valence-electron chi connectivity index (χ4n) is 5.38. The SMILES string of the molecule is CC1=CC[C@@H]2[C@](C)(CCC[C@@]2(C)C(=O)O)[C@H]1CCc1ccoc1. The van der Waals surface area contributed by atoms with Crippen LogP contribution in [0.1, 0.15) is 58.4 Å². The lowest BCUT2D eigenvalue weighted by atomic mass is 9.47. The van der Waals surface area contributed by atoms with Gasteiger partial charge >= 0.3 is 5.97 Å². The Morgan fingerprint density at radius 3 is 2.83 bits per heavy atom. The number of furan rings is 1. The van der Waals surface area contributed by atoms with Crippen LogP contribution in [0.2, 0.25) is 0 Å². The Morgan fingerprint density at radius 1 is 1.39 bits per heavy atom. The summed E-state index contributed by atoms with van der Waals surface area (Å²) in [5.74, 6) is 0.0874. The Morgan fingerprint density at radius 2 is 2.17 bits per heavy atom. The van der Waals surface area contributed by atoms with E-state index < -0.39 is 11.4 Å². The fraction of sp³-hybridized carbons (Fsp3) is 0.650. The van der Waals surface area contributed by atoms with Crippen molar-refractivity contribution in [3.05, 3.63) is 35.8 Å². The summed E-state index contributed by atoms with van der Waals surface area (Å²) >= 11 is 0. The van der Waals surface area contributed by atoms with E-state index in [4.69, 9.17) is 4.42 Å². The van der Waals surface area contributed by atoms with E-state index in [1.807, 2.05) is 19.3 Å². The van der Waals surface area contributed by atoms with E-state index >= 15 is 0 Å². The number of hydrogen-bond acceptors (Lipinski definition) is 2. The number of fused-ring (bicyclic) bond motifs is 1. The maximum absolute atomic E-state index is 12.0. The zero-order valence-corrected chi connectivity index (χ0v) is 14.5. The van der Waals surface area contributed by atoms with E-state index in [0.717, 1.165) is 38.5 Å². The molecule has 0 aromatic carbocycles. The van der Waals surface area contributed by atoms with Gasteiger partial charge in [-0.05, 0) is 74.8 Å². The first-order valence-corrected chi connectivity index (χ1v) is 8.79. The predicted octanol–water partition coefficient (Wildman–Crippen LogP) is 5.08. The Kier molecular flexibility index (Phi) is 4.16. The van der Waals surface area contributed by atoms with Crippen LogP contribution in [0.15, 0.2) is 34.7 Å². The number of aliphatic carboxylic acids is 1. The minimum Gasteiger partial charge on any atom is -0.481 e. The van der Waals surface area contributed by atoms with Crippen molar-refractivity contribution in [2.75, 3.05) is 0 Å². The molecule has 1 aromatic heterocycles. The van der Waals surface area contributed by atoms with Gasteiger partial charge in [0, 0.05) is 0 Å². The molecule has 3 heteroatoms. The third-order valence-electron chi connectivity index (χ3n) is 6.79. The maximum Gasteiger partial charge on any atom is 0.309 e. The van der Waals surface area contributed by atoms with Crippen LogP contribution < -0.4 is 0 Å². The number of hydrogen-bond donors (Lipinski definition) is 1. The van der Waals surface area contributed by atoms with Crippen LogP contribution in [0.4, 0.5) is 0 Å². The van der Waals surface area contributed by atoms with Gasteiger partial charge in [0.2, 0.25) is 0 Å². The molecule has 23 heavy (non-hydrogen) atoms. The third-order valence-corrected chi connectivity index (χ3v) is 6.79. The van der Waals surface area contributed by atoms with Gasteiger partial charge in [0.05, 0.1) is 17.9 Å². The lowest BCUT2D eigenvalue weighted by molar-refractivity contribution is -0.162. The van der Waals surface area contributed by atoms with Crippen molar-refractivity contribution in [3.63, 3.8) is 0 Å². The molecule has 0 aliphatic heterocycles. The first-order valence-electron chi connectivity index (χ1n) is 8.79. The summed E-state index contributed by atoms with van der Waals surface area (Å²) in [5, 5.41) is 9.85. The molecule has 1 N–H and O–H groups in total. The normalized spacial score (nSPS) is 37.1. The van der Waals surface area contributed by atoms with Gasteiger partial charge in [-0.1, -0.05) is 25.0 Å². The molecule has 1 heterocycles. The Bertz CT molecular complexity index is 600. The molecule has 0 spiro atoms. The fourth-order valence-corrected chi connectivity index (χ4v) is 5.38. The number of carboxylic acids is 1. The molecule has 1 fully saturated rings. The molecule has 0 bridgehead atoms. The molecule has 4 atom stereocenters. The average Bonchev–Trinajstić information content (AvgIpc) is 2.99. The molecule has 2 aliphatic rings. The second-order valence-corrected chi connectivity index (χ2v) is 8.04. The van der Waals surface area contributed by atoms with Crippen LogP contribution in [0.5, 0.6) is 0 Å². The van der Waals surface area contributed by atoms with E-state index in [1.54, 1.807) is 6.26 Å². The van der Waals surface area contributed by atoms with Gasteiger partial charge in [0.25, 0.3) is 0 Å². The quantitative estimate of drug-likeness (QED) is 0.788. The van der Waals surface area contributed by atoms with Crippen LogP contribution in [-0.4, -0.2) is 11.1 Å². The van der Waals surface area contributed by atoms with E-state index in [2.05, 4.69) is 19.9 Å². The van der Waals surface area contributed by atoms with Crippen molar-refractivity contribution >= 4 is 5.97 Å². The topological polar surface area (TPSA) is 50.4 Å². The molecular formula is C20H28O3. The molecule has 0 saturated heterocycles. The van der Waals surface area contributed by atoms with Crippen molar-refractivity contribution in [2.24, 2.45) is 22.7 Å². The van der Waals surface area contributed by atoms with Gasteiger partial charge in [0.1, 0.15) is 0 Å². The van der Waals surface area contributed by atoms with Gasteiger partial charge < -0.3 is 9.52 Å². The second-order valence-electron chi connectivity index (χ2n) is 8.04. The molecule has 1 saturated carbocycles. The minimum atomic E-state index is -0.616. The lowest BCUT2D eigenvalue weighted by Crippen LogP contribution is -2.52. The summed E-state index contributed by atoms with van der Waals surface area (Å²) < 4.78 is 5.19. The van der Waals surface area contributed by atoms with Crippen LogP contribution in [0.25, 0.3) is 0 Å². The molecule has 1 aromatic rings. The van der Waals surface area contributed by atoms with Gasteiger partial charge in [-0.15, -0.1) is 0 Å². The van der Waals surface area contributed by atoms with Crippen LogP contribution in [0, 0.1) is 22.7 Å². The van der Waals surface area contributed by atoms with Crippen molar-refractivity contribution in [1.82, 2.24) is 0 Å². The van der Waals surface area contributed by atoms with Crippen LogP contribution >= 0.6 is 0 Å². The summed E-state index contributed by atoms with van der Waals surface area (Å²) in [6.45, 7) is 6.54. The minimum absolute atomic E-state index is 0.0912. The highest BCUT2D eigenvalue weighted by atomic mass is 16.4. The van der Waals surface area contributed by atoms with Crippen LogP contribution in [-0.2, 0) is 11.2 Å². The van der Waals surface area contributed by atoms with E-state index in [-0.39, 0.29) is 11.3 Å². The third kappa shape index (κ3) is 2.64. The maximum atomic E-state index is 12.0. The molecular weight excluding hydrogens is 288 g/mol. The standard InChI is InChI=1S/C20H28O3/c1-14-5-8-17-19(2,10-4-11-20(17,3)18(21)22)16(14)7-6-15-9-12-23-13-15/h5,9,12-13,16-17H,4,6-8,10-11H2,1-3H3,(H,21,22)/t16-,17+,19+,20+/m0/s1. The zero-order valence-electron chi connectivity index (χ0n) is 14.5. The predicted molar refractivity (Wildman–Crippen MR) is 90.1 cm³/mol. The molecule has 0 amide bonds. The van der Waals surface area contributed by atoms with E-state index in [9.17, 15) is 9.90 Å². The number of rotatable bonds is 4. The molecule has 3 nitrogen and oxygen atoms in total. The number of carbonyl (C=O) groups is 1. The molecule has 0 unspecified atom stereocenters. The zero-order chi connectivity index (χ0) is 16.7. The molecule has 126 valence electrons. The number of aryl methyl sites for hydroxylation is 1. The summed E-state index contributed by atoms with van der Waals surface area (Å²) in [4.78, 5) is 12.0. The van der Waals surface area contributed by atoms with Crippen LogP contribution in [0.3, 0.4) is 0 Å². The number of carboxylic acid groups (broad SMARTS) is 1.